The van der Waals surface area contributed by atoms with Gasteiger partial charge in [0.2, 0.25) is 11.9 Å². The van der Waals surface area contributed by atoms with Gasteiger partial charge in [-0.15, -0.1) is 0 Å². The summed E-state index contributed by atoms with van der Waals surface area (Å²) in [6.45, 7) is 2.36. The molecule has 1 aliphatic rings. The molecule has 0 bridgehead atoms. The number of H-pyrrole nitrogens is 1. The minimum Gasteiger partial charge on any atom is -0.379 e. The van der Waals surface area contributed by atoms with Crippen LogP contribution in [0, 0.1) is 5.41 Å². The van der Waals surface area contributed by atoms with Crippen molar-refractivity contribution in [3.05, 3.63) is 11.5 Å². The number of anilines is 1. The van der Waals surface area contributed by atoms with Crippen molar-refractivity contribution in [3.8, 4) is 0 Å². The molecule has 4 N–H and O–H groups in total. The van der Waals surface area contributed by atoms with E-state index in [1.54, 1.807) is 6.92 Å². The number of aromatic nitrogens is 4. The zero-order chi connectivity index (χ0) is 14.3. The number of rotatable bonds is 2. The van der Waals surface area contributed by atoms with Crippen molar-refractivity contribution in [2.75, 3.05) is 18.5 Å². The number of ether oxygens (including phenoxy) is 1. The van der Waals surface area contributed by atoms with Gasteiger partial charge in [0.25, 0.3) is 0 Å². The summed E-state index contributed by atoms with van der Waals surface area (Å²) >= 11 is 5.99. The van der Waals surface area contributed by atoms with E-state index in [2.05, 4.69) is 25.3 Å². The Morgan fingerprint density at radius 2 is 2.45 bits per heavy atom. The molecule has 1 amide bonds. The summed E-state index contributed by atoms with van der Waals surface area (Å²) in [5, 5.41) is 2.81. The molecule has 2 aromatic heterocycles. The van der Waals surface area contributed by atoms with Crippen molar-refractivity contribution in [2.24, 2.45) is 11.1 Å². The van der Waals surface area contributed by atoms with E-state index < -0.39 is 5.41 Å². The molecule has 2 unspecified atom stereocenters. The van der Waals surface area contributed by atoms with Crippen LogP contribution in [0.2, 0.25) is 5.15 Å². The zero-order valence-electron chi connectivity index (χ0n) is 10.7. The van der Waals surface area contributed by atoms with Gasteiger partial charge in [-0.3, -0.25) is 10.1 Å². The summed E-state index contributed by atoms with van der Waals surface area (Å²) in [6.07, 6.45) is 1.46. The van der Waals surface area contributed by atoms with E-state index in [0.29, 0.717) is 17.8 Å². The molecule has 0 spiro atoms. The number of hydrogen-bond donors (Lipinski definition) is 3. The number of imidazole rings is 1. The fraction of sp³-hybridized carbons (Fsp3) is 0.455. The predicted octanol–water partition coefficient (Wildman–Crippen LogP) is 0.309. The van der Waals surface area contributed by atoms with Gasteiger partial charge in [0.15, 0.2) is 10.8 Å². The van der Waals surface area contributed by atoms with Gasteiger partial charge in [-0.2, -0.15) is 9.97 Å². The molecule has 8 nitrogen and oxygen atoms in total. The van der Waals surface area contributed by atoms with Crippen LogP contribution in [0.1, 0.15) is 6.92 Å². The molecule has 1 saturated heterocycles. The highest BCUT2D eigenvalue weighted by atomic mass is 35.5. The first-order valence-electron chi connectivity index (χ1n) is 6.02. The number of aromatic amines is 1. The highest BCUT2D eigenvalue weighted by Gasteiger charge is 2.44. The number of nitrogens with zero attached hydrogens (tertiary/aromatic N) is 3. The first-order chi connectivity index (χ1) is 9.50. The maximum atomic E-state index is 12.3. The van der Waals surface area contributed by atoms with Crippen molar-refractivity contribution in [3.63, 3.8) is 0 Å². The van der Waals surface area contributed by atoms with E-state index in [-0.39, 0.29) is 29.7 Å². The largest absolute Gasteiger partial charge is 0.379 e. The molecule has 2 aromatic rings. The fourth-order valence-corrected chi connectivity index (χ4v) is 2.24. The van der Waals surface area contributed by atoms with Crippen LogP contribution >= 0.6 is 11.6 Å². The maximum Gasteiger partial charge on any atom is 0.236 e. The fourth-order valence-electron chi connectivity index (χ4n) is 2.02. The van der Waals surface area contributed by atoms with E-state index >= 15 is 0 Å². The quantitative estimate of drug-likeness (QED) is 0.686. The second kappa shape index (κ2) is 4.65. The number of amides is 1. The third-order valence-corrected chi connectivity index (χ3v) is 3.78. The lowest BCUT2D eigenvalue weighted by Crippen LogP contribution is -2.47. The van der Waals surface area contributed by atoms with Crippen LogP contribution in [-0.4, -0.2) is 45.1 Å². The first kappa shape index (κ1) is 13.2. The Morgan fingerprint density at radius 3 is 3.15 bits per heavy atom. The molecule has 0 radical (unpaired) electrons. The normalized spacial score (nSPS) is 26.1. The van der Waals surface area contributed by atoms with Gasteiger partial charge < -0.3 is 15.5 Å². The van der Waals surface area contributed by atoms with Crippen molar-refractivity contribution in [2.45, 2.75) is 13.0 Å². The van der Waals surface area contributed by atoms with Gasteiger partial charge in [0.05, 0.1) is 25.0 Å². The average Bonchev–Trinajstić information content (AvgIpc) is 2.98. The molecular weight excluding hydrogens is 284 g/mol. The average molecular weight is 297 g/mol. The van der Waals surface area contributed by atoms with Gasteiger partial charge in [0.1, 0.15) is 5.52 Å². The Labute approximate surface area is 119 Å². The molecule has 3 rings (SSSR count). The molecule has 0 saturated carbocycles. The Hall–Kier alpha value is -1.77. The van der Waals surface area contributed by atoms with Crippen LogP contribution in [0.25, 0.3) is 11.2 Å². The summed E-state index contributed by atoms with van der Waals surface area (Å²) in [5.41, 5.74) is 6.00. The van der Waals surface area contributed by atoms with Gasteiger partial charge >= 0.3 is 0 Å². The van der Waals surface area contributed by atoms with Crippen LogP contribution in [0.3, 0.4) is 0 Å². The Balaban J connectivity index is 1.87. The number of halogens is 1. The Kier molecular flexibility index (Phi) is 3.08. The molecule has 20 heavy (non-hydrogen) atoms. The maximum absolute atomic E-state index is 12.3. The number of hydrogen-bond acceptors (Lipinski definition) is 6. The van der Waals surface area contributed by atoms with Gasteiger partial charge in [-0.05, 0) is 6.92 Å². The summed E-state index contributed by atoms with van der Waals surface area (Å²) < 4.78 is 5.24. The minimum atomic E-state index is -0.809. The summed E-state index contributed by atoms with van der Waals surface area (Å²) in [5.74, 6) is -0.201. The second-order valence-corrected chi connectivity index (χ2v) is 5.29. The first-order valence-corrected chi connectivity index (χ1v) is 6.40. The molecule has 1 fully saturated rings. The van der Waals surface area contributed by atoms with Crippen LogP contribution in [0.4, 0.5) is 5.95 Å². The number of carbonyl (C=O) groups is 1. The van der Waals surface area contributed by atoms with E-state index in [1.165, 1.54) is 6.33 Å². The molecule has 0 aromatic carbocycles. The van der Waals surface area contributed by atoms with E-state index in [1.807, 2.05) is 0 Å². The Bertz CT molecular complexity index is 674. The highest BCUT2D eigenvalue weighted by Crippen LogP contribution is 2.28. The lowest BCUT2D eigenvalue weighted by Gasteiger charge is -2.24. The summed E-state index contributed by atoms with van der Waals surface area (Å²) in [7, 11) is 0. The topological polar surface area (TPSA) is 119 Å². The van der Waals surface area contributed by atoms with E-state index in [9.17, 15) is 4.79 Å². The van der Waals surface area contributed by atoms with Crippen LogP contribution in [-0.2, 0) is 9.53 Å². The predicted molar refractivity (Wildman–Crippen MR) is 72.2 cm³/mol. The number of carbonyl (C=O) groups excluding carboxylic acids is 1. The lowest BCUT2D eigenvalue weighted by molar-refractivity contribution is -0.125. The van der Waals surface area contributed by atoms with Crippen molar-refractivity contribution in [1.82, 2.24) is 19.9 Å². The lowest BCUT2D eigenvalue weighted by atomic mass is 9.85. The number of nitrogens with two attached hydrogens (primary N) is 1. The zero-order valence-corrected chi connectivity index (χ0v) is 11.4. The second-order valence-electron chi connectivity index (χ2n) is 4.93. The molecule has 1 aliphatic heterocycles. The van der Waals surface area contributed by atoms with Crippen LogP contribution in [0.15, 0.2) is 6.33 Å². The molecule has 9 heteroatoms. The summed E-state index contributed by atoms with van der Waals surface area (Å²) in [6, 6.07) is -0.368. The van der Waals surface area contributed by atoms with Crippen LogP contribution in [0.5, 0.6) is 0 Å². The molecule has 0 aliphatic carbocycles. The van der Waals surface area contributed by atoms with Crippen molar-refractivity contribution in [1.29, 1.82) is 0 Å². The molecular formula is C11H13ClN6O2. The third-order valence-electron chi connectivity index (χ3n) is 3.50. The van der Waals surface area contributed by atoms with Crippen LogP contribution < -0.4 is 11.1 Å². The Morgan fingerprint density at radius 1 is 1.65 bits per heavy atom. The van der Waals surface area contributed by atoms with E-state index in [4.69, 9.17) is 22.1 Å². The van der Waals surface area contributed by atoms with Crippen molar-refractivity contribution >= 4 is 34.6 Å². The highest BCUT2D eigenvalue weighted by molar-refractivity contribution is 6.33. The number of fused-ring (bicyclic) bond motifs is 1. The standard InChI is InChI=1S/C11H13ClN6O2/c1-11(3-20-2-5(11)13)9(19)18-10-16-7(12)6-8(17-10)15-4-14-6/h4-5H,2-3,13H2,1H3,(H2,14,15,16,17,18,19). The minimum absolute atomic E-state index is 0.0972. The summed E-state index contributed by atoms with van der Waals surface area (Å²) in [4.78, 5) is 27.2. The molecule has 3 heterocycles. The molecule has 106 valence electrons. The monoisotopic (exact) mass is 296 g/mol. The van der Waals surface area contributed by atoms with Crippen molar-refractivity contribution < 1.29 is 9.53 Å². The van der Waals surface area contributed by atoms with Gasteiger partial charge in [-0.25, -0.2) is 4.98 Å². The third kappa shape index (κ3) is 2.01. The van der Waals surface area contributed by atoms with Gasteiger partial charge in [-0.1, -0.05) is 11.6 Å². The number of nitrogens with one attached hydrogen (secondary N) is 2. The SMILES string of the molecule is CC1(C(=O)Nc2nc(Cl)c3[nH]cnc3n2)COCC1N. The molecule has 2 atom stereocenters. The van der Waals surface area contributed by atoms with Gasteiger partial charge in [0, 0.05) is 6.04 Å². The van der Waals surface area contributed by atoms with E-state index in [0.717, 1.165) is 0 Å². The smallest absolute Gasteiger partial charge is 0.236 e.